The molecule has 136 valence electrons. The SMILES string of the molecule is CCN(CC)C(=O)CC(=O)N1CCN(C/C=C/c2ccccc2)CC1. The molecule has 1 saturated heterocycles. The predicted octanol–water partition coefficient (Wildman–Crippen LogP) is 2.10. The van der Waals surface area contributed by atoms with Crippen molar-refractivity contribution in [2.75, 3.05) is 45.8 Å². The first kappa shape index (κ1) is 19.2. The van der Waals surface area contributed by atoms with Crippen LogP contribution in [-0.2, 0) is 9.59 Å². The summed E-state index contributed by atoms with van der Waals surface area (Å²) in [7, 11) is 0. The fraction of sp³-hybridized carbons (Fsp3) is 0.500. The molecular formula is C20H29N3O2. The highest BCUT2D eigenvalue weighted by Crippen LogP contribution is 2.07. The largest absolute Gasteiger partial charge is 0.343 e. The van der Waals surface area contributed by atoms with Gasteiger partial charge in [0.1, 0.15) is 6.42 Å². The van der Waals surface area contributed by atoms with Crippen molar-refractivity contribution in [3.05, 3.63) is 42.0 Å². The van der Waals surface area contributed by atoms with Crippen molar-refractivity contribution in [1.82, 2.24) is 14.7 Å². The molecule has 0 unspecified atom stereocenters. The van der Waals surface area contributed by atoms with Gasteiger partial charge in [0, 0.05) is 45.8 Å². The van der Waals surface area contributed by atoms with E-state index in [1.165, 1.54) is 5.56 Å². The van der Waals surface area contributed by atoms with Crippen molar-refractivity contribution in [1.29, 1.82) is 0 Å². The van der Waals surface area contributed by atoms with Crippen LogP contribution in [0.2, 0.25) is 0 Å². The molecule has 0 atom stereocenters. The average molecular weight is 343 g/mol. The molecule has 1 aromatic rings. The molecule has 0 aromatic heterocycles. The molecule has 1 aromatic carbocycles. The minimum absolute atomic E-state index is 0.00438. The van der Waals surface area contributed by atoms with E-state index in [9.17, 15) is 9.59 Å². The van der Waals surface area contributed by atoms with Crippen LogP contribution in [-0.4, -0.2) is 72.3 Å². The molecule has 2 rings (SSSR count). The fourth-order valence-corrected chi connectivity index (χ4v) is 3.01. The third-order valence-electron chi connectivity index (χ3n) is 4.62. The second-order valence-corrected chi connectivity index (χ2v) is 6.24. The highest BCUT2D eigenvalue weighted by Gasteiger charge is 2.23. The topological polar surface area (TPSA) is 43.9 Å². The van der Waals surface area contributed by atoms with E-state index in [2.05, 4.69) is 29.2 Å². The zero-order chi connectivity index (χ0) is 18.1. The van der Waals surface area contributed by atoms with Crippen LogP contribution in [0.3, 0.4) is 0 Å². The Hall–Kier alpha value is -2.14. The third kappa shape index (κ3) is 6.02. The minimum atomic E-state index is -0.0665. The number of piperazine rings is 1. The van der Waals surface area contributed by atoms with E-state index >= 15 is 0 Å². The Morgan fingerprint density at radius 3 is 2.28 bits per heavy atom. The molecule has 5 nitrogen and oxygen atoms in total. The number of hydrogen-bond acceptors (Lipinski definition) is 3. The van der Waals surface area contributed by atoms with Gasteiger partial charge in [0.15, 0.2) is 0 Å². The summed E-state index contributed by atoms with van der Waals surface area (Å²) in [6, 6.07) is 10.2. The fourth-order valence-electron chi connectivity index (χ4n) is 3.01. The lowest BCUT2D eigenvalue weighted by Crippen LogP contribution is -2.49. The van der Waals surface area contributed by atoms with Gasteiger partial charge in [-0.3, -0.25) is 14.5 Å². The van der Waals surface area contributed by atoms with Crippen LogP contribution >= 0.6 is 0 Å². The Bertz CT molecular complexity index is 574. The highest BCUT2D eigenvalue weighted by molar-refractivity contribution is 5.96. The van der Waals surface area contributed by atoms with E-state index in [1.807, 2.05) is 36.9 Å². The Morgan fingerprint density at radius 1 is 1.04 bits per heavy atom. The molecule has 0 spiro atoms. The average Bonchev–Trinajstić information content (AvgIpc) is 2.64. The van der Waals surface area contributed by atoms with Gasteiger partial charge in [0.05, 0.1) is 0 Å². The van der Waals surface area contributed by atoms with E-state index in [-0.39, 0.29) is 18.2 Å². The monoisotopic (exact) mass is 343 g/mol. The van der Waals surface area contributed by atoms with Crippen LogP contribution in [0.5, 0.6) is 0 Å². The first-order valence-electron chi connectivity index (χ1n) is 9.13. The van der Waals surface area contributed by atoms with Gasteiger partial charge in [-0.1, -0.05) is 42.5 Å². The van der Waals surface area contributed by atoms with E-state index in [4.69, 9.17) is 0 Å². The molecular weight excluding hydrogens is 314 g/mol. The van der Waals surface area contributed by atoms with Gasteiger partial charge in [-0.15, -0.1) is 0 Å². The zero-order valence-electron chi connectivity index (χ0n) is 15.4. The van der Waals surface area contributed by atoms with Crippen molar-refractivity contribution in [2.45, 2.75) is 20.3 Å². The molecule has 5 heteroatoms. The number of rotatable bonds is 7. The lowest BCUT2D eigenvalue weighted by atomic mass is 10.2. The highest BCUT2D eigenvalue weighted by atomic mass is 16.2. The summed E-state index contributed by atoms with van der Waals surface area (Å²) in [6.07, 6.45) is 4.28. The maximum absolute atomic E-state index is 12.3. The molecule has 1 fully saturated rings. The number of amides is 2. The molecule has 0 N–H and O–H groups in total. The van der Waals surface area contributed by atoms with Crippen molar-refractivity contribution >= 4 is 17.9 Å². The lowest BCUT2D eigenvalue weighted by Gasteiger charge is -2.34. The van der Waals surface area contributed by atoms with Crippen LogP contribution in [0.25, 0.3) is 6.08 Å². The number of nitrogens with zero attached hydrogens (tertiary/aromatic N) is 3. The quantitative estimate of drug-likeness (QED) is 0.712. The van der Waals surface area contributed by atoms with Crippen LogP contribution in [0.4, 0.5) is 0 Å². The van der Waals surface area contributed by atoms with Crippen LogP contribution in [0.1, 0.15) is 25.8 Å². The van der Waals surface area contributed by atoms with E-state index in [0.29, 0.717) is 26.2 Å². The summed E-state index contributed by atoms with van der Waals surface area (Å²) in [5, 5.41) is 0. The Kier molecular flexibility index (Phi) is 7.67. The van der Waals surface area contributed by atoms with Gasteiger partial charge < -0.3 is 9.80 Å². The summed E-state index contributed by atoms with van der Waals surface area (Å²) in [5.74, 6) is -0.111. The third-order valence-corrected chi connectivity index (χ3v) is 4.62. The summed E-state index contributed by atoms with van der Waals surface area (Å²) >= 11 is 0. The standard InChI is InChI=1S/C20H29N3O2/c1-3-22(4-2)19(24)17-20(25)23-15-13-21(14-16-23)12-8-11-18-9-6-5-7-10-18/h5-11H,3-4,12-17H2,1-2H3/b11-8+. The van der Waals surface area contributed by atoms with E-state index < -0.39 is 0 Å². The number of benzene rings is 1. The van der Waals surface area contributed by atoms with Gasteiger partial charge in [0.25, 0.3) is 0 Å². The summed E-state index contributed by atoms with van der Waals surface area (Å²) in [5.41, 5.74) is 1.20. The molecule has 2 amide bonds. The Morgan fingerprint density at radius 2 is 1.68 bits per heavy atom. The molecule has 0 bridgehead atoms. The lowest BCUT2D eigenvalue weighted by molar-refractivity contribution is -0.141. The van der Waals surface area contributed by atoms with Gasteiger partial charge in [-0.2, -0.15) is 0 Å². The first-order chi connectivity index (χ1) is 12.1. The van der Waals surface area contributed by atoms with Gasteiger partial charge >= 0.3 is 0 Å². The summed E-state index contributed by atoms with van der Waals surface area (Å²) in [6.45, 7) is 9.17. The van der Waals surface area contributed by atoms with Crippen LogP contribution in [0.15, 0.2) is 36.4 Å². The second kappa shape index (κ2) is 9.99. The molecule has 25 heavy (non-hydrogen) atoms. The van der Waals surface area contributed by atoms with Gasteiger partial charge in [-0.25, -0.2) is 0 Å². The second-order valence-electron chi connectivity index (χ2n) is 6.24. The number of carbonyl (C=O) groups is 2. The van der Waals surface area contributed by atoms with Crippen LogP contribution < -0.4 is 0 Å². The molecule has 0 radical (unpaired) electrons. The predicted molar refractivity (Wildman–Crippen MR) is 101 cm³/mol. The molecule has 1 aliphatic heterocycles. The van der Waals surface area contributed by atoms with E-state index in [1.54, 1.807) is 4.90 Å². The number of hydrogen-bond donors (Lipinski definition) is 0. The summed E-state index contributed by atoms with van der Waals surface area (Å²) < 4.78 is 0. The Balaban J connectivity index is 1.73. The molecule has 1 aliphatic rings. The smallest absolute Gasteiger partial charge is 0.232 e. The minimum Gasteiger partial charge on any atom is -0.343 e. The van der Waals surface area contributed by atoms with Crippen molar-refractivity contribution in [2.24, 2.45) is 0 Å². The maximum Gasteiger partial charge on any atom is 0.232 e. The Labute approximate surface area is 150 Å². The van der Waals surface area contributed by atoms with Crippen LogP contribution in [0, 0.1) is 0 Å². The van der Waals surface area contributed by atoms with E-state index in [0.717, 1.165) is 19.6 Å². The molecule has 0 saturated carbocycles. The van der Waals surface area contributed by atoms with Gasteiger partial charge in [0.2, 0.25) is 11.8 Å². The van der Waals surface area contributed by atoms with Crippen molar-refractivity contribution < 1.29 is 9.59 Å². The zero-order valence-corrected chi connectivity index (χ0v) is 15.4. The van der Waals surface area contributed by atoms with Gasteiger partial charge in [-0.05, 0) is 19.4 Å². The summed E-state index contributed by atoms with van der Waals surface area (Å²) in [4.78, 5) is 30.2. The normalized spacial score (nSPS) is 15.5. The van der Waals surface area contributed by atoms with Crippen molar-refractivity contribution in [3.8, 4) is 0 Å². The molecule has 0 aliphatic carbocycles. The first-order valence-corrected chi connectivity index (χ1v) is 9.13. The maximum atomic E-state index is 12.3. The molecule has 1 heterocycles. The van der Waals surface area contributed by atoms with Crippen molar-refractivity contribution in [3.63, 3.8) is 0 Å². The number of carbonyl (C=O) groups excluding carboxylic acids is 2.